The number of nitrogens with one attached hydrogen (secondary N) is 2. The fraction of sp³-hybridized carbons (Fsp3) is 0.511. The van der Waals surface area contributed by atoms with Crippen molar-refractivity contribution in [2.75, 3.05) is 23.4 Å². The van der Waals surface area contributed by atoms with E-state index in [0.29, 0.717) is 40.7 Å². The molecule has 1 aliphatic carbocycles. The van der Waals surface area contributed by atoms with E-state index in [-0.39, 0.29) is 34.5 Å². The Morgan fingerprint density at radius 3 is 2.28 bits per heavy atom. The van der Waals surface area contributed by atoms with Crippen molar-refractivity contribution in [1.29, 1.82) is 0 Å². The Balaban J connectivity index is 1.13. The van der Waals surface area contributed by atoms with E-state index in [1.807, 2.05) is 53.3 Å². The number of ether oxygens (including phenoxy) is 1. The summed E-state index contributed by atoms with van der Waals surface area (Å²) in [5.41, 5.74) is 5.46. The lowest BCUT2D eigenvalue weighted by Gasteiger charge is -2.56. The molecule has 5 aromatic rings. The summed E-state index contributed by atoms with van der Waals surface area (Å²) in [4.78, 5) is 16.2. The van der Waals surface area contributed by atoms with Gasteiger partial charge < -0.3 is 19.4 Å². The van der Waals surface area contributed by atoms with Crippen LogP contribution in [0.5, 0.6) is 5.75 Å². The monoisotopic (exact) mass is 790 g/mol. The summed E-state index contributed by atoms with van der Waals surface area (Å²) in [5.74, 6) is 3.45. The standard InChI is InChI=1S/C45H62N8O3Si/c1-28(2)44(29(3)4)23-24-52(45(44,27-55-57)30(5)6)42-49-48-39-22-19-33(26-51(39)42)56-37-21-20-36(34-13-11-12-14-35(34)37)46-41(54)47-40-25-38(43(8,9)10)50-53(40)32-17-15-31(7)16-18-32/h11-19,22,25-26,28-30,36-37H,20-21,23-24,27H2,1-10,57H3,(H2,46,47,54)/t36-,37+,45?/m0/s1. The molecule has 0 bridgehead atoms. The van der Waals surface area contributed by atoms with Crippen molar-refractivity contribution in [3.05, 3.63) is 95.3 Å². The van der Waals surface area contributed by atoms with Gasteiger partial charge >= 0.3 is 6.03 Å². The lowest BCUT2D eigenvalue weighted by molar-refractivity contribution is -0.0202. The molecule has 1 aliphatic heterocycles. The first-order chi connectivity index (χ1) is 27.1. The molecule has 2 N–H and O–H groups in total. The number of carbonyl (C=O) groups is 1. The van der Waals surface area contributed by atoms with Crippen LogP contribution >= 0.6 is 0 Å². The highest BCUT2D eigenvalue weighted by molar-refractivity contribution is 5.98. The largest absolute Gasteiger partial charge is 0.484 e. The molecule has 304 valence electrons. The SMILES string of the molecule is Cc1ccc(-n2nc(C(C)(C)C)cc2NC(=O)N[C@H]2CC[C@@H](Oc3ccc4nnc(N5CCC(C(C)C)(C(C)C)C5(CO[SiH3])C(C)C)n4c3)c3ccccc32)cc1. The van der Waals surface area contributed by atoms with E-state index >= 15 is 0 Å². The van der Waals surface area contributed by atoms with Crippen molar-refractivity contribution >= 4 is 33.9 Å². The Kier molecular flexibility index (Phi) is 11.1. The maximum absolute atomic E-state index is 13.7. The molecule has 3 aromatic heterocycles. The molecule has 1 fully saturated rings. The minimum absolute atomic E-state index is 0.0382. The third-order valence-electron chi connectivity index (χ3n) is 13.0. The predicted molar refractivity (Wildman–Crippen MR) is 231 cm³/mol. The lowest BCUT2D eigenvalue weighted by Crippen LogP contribution is -2.64. The molecule has 0 radical (unpaired) electrons. The van der Waals surface area contributed by atoms with E-state index in [4.69, 9.17) is 19.4 Å². The number of hydrogen-bond acceptors (Lipinski definition) is 7. The van der Waals surface area contributed by atoms with Crippen LogP contribution in [-0.2, 0) is 9.84 Å². The zero-order valence-corrected chi connectivity index (χ0v) is 37.8. The van der Waals surface area contributed by atoms with Crippen LogP contribution in [0, 0.1) is 30.1 Å². The summed E-state index contributed by atoms with van der Waals surface area (Å²) < 4.78 is 17.0. The van der Waals surface area contributed by atoms with Crippen LogP contribution in [0.3, 0.4) is 0 Å². The Morgan fingerprint density at radius 1 is 0.930 bits per heavy atom. The third kappa shape index (κ3) is 7.13. The van der Waals surface area contributed by atoms with E-state index in [2.05, 4.69) is 119 Å². The summed E-state index contributed by atoms with van der Waals surface area (Å²) in [6.45, 7) is 24.2. The quantitative estimate of drug-likeness (QED) is 0.129. The number of carbonyl (C=O) groups excluding carboxylic acids is 1. The van der Waals surface area contributed by atoms with Crippen LogP contribution in [-0.4, -0.2) is 59.6 Å². The van der Waals surface area contributed by atoms with Gasteiger partial charge in [-0.3, -0.25) is 9.72 Å². The number of urea groups is 1. The van der Waals surface area contributed by atoms with Crippen molar-refractivity contribution in [2.24, 2.45) is 23.2 Å². The average molecular weight is 791 g/mol. The molecule has 0 saturated carbocycles. The van der Waals surface area contributed by atoms with Gasteiger partial charge in [-0.15, -0.1) is 10.2 Å². The first kappa shape index (κ1) is 40.5. The molecule has 4 heterocycles. The molecule has 2 aliphatic rings. The summed E-state index contributed by atoms with van der Waals surface area (Å²) in [5, 5.41) is 20.8. The van der Waals surface area contributed by atoms with Crippen LogP contribution in [0.2, 0.25) is 0 Å². The van der Waals surface area contributed by atoms with Gasteiger partial charge in [-0.25, -0.2) is 9.48 Å². The number of nitrogens with zero attached hydrogens (tertiary/aromatic N) is 6. The first-order valence-electron chi connectivity index (χ1n) is 20.7. The first-order valence-corrected chi connectivity index (χ1v) is 21.5. The van der Waals surface area contributed by atoms with Crippen LogP contribution < -0.4 is 20.3 Å². The van der Waals surface area contributed by atoms with Gasteiger partial charge in [0.05, 0.1) is 35.8 Å². The summed E-state index contributed by atoms with van der Waals surface area (Å²) in [6.07, 6.45) is 4.38. The van der Waals surface area contributed by atoms with Gasteiger partial charge in [0, 0.05) is 23.4 Å². The van der Waals surface area contributed by atoms with E-state index in [0.717, 1.165) is 71.2 Å². The lowest BCUT2D eigenvalue weighted by atomic mass is 9.54. The van der Waals surface area contributed by atoms with Gasteiger partial charge in [-0.05, 0) is 79.3 Å². The smallest absolute Gasteiger partial charge is 0.320 e. The van der Waals surface area contributed by atoms with E-state index in [1.54, 1.807) is 0 Å². The zero-order chi connectivity index (χ0) is 40.9. The van der Waals surface area contributed by atoms with Crippen molar-refractivity contribution in [1.82, 2.24) is 29.7 Å². The fourth-order valence-electron chi connectivity index (χ4n) is 10.3. The van der Waals surface area contributed by atoms with Gasteiger partial charge in [-0.2, -0.15) is 5.10 Å². The van der Waals surface area contributed by atoms with Crippen LogP contribution in [0.25, 0.3) is 11.3 Å². The number of fused-ring (bicyclic) bond motifs is 2. The topological polar surface area (TPSA) is 111 Å². The van der Waals surface area contributed by atoms with Gasteiger partial charge in [0.1, 0.15) is 28.2 Å². The van der Waals surface area contributed by atoms with Gasteiger partial charge in [0.2, 0.25) is 5.95 Å². The number of rotatable bonds is 11. The number of anilines is 2. The number of amides is 2. The average Bonchev–Trinajstić information content (AvgIpc) is 3.88. The summed E-state index contributed by atoms with van der Waals surface area (Å²) in [6, 6.07) is 21.9. The second-order valence-electron chi connectivity index (χ2n) is 18.2. The Morgan fingerprint density at radius 2 is 1.63 bits per heavy atom. The zero-order valence-electron chi connectivity index (χ0n) is 35.8. The van der Waals surface area contributed by atoms with E-state index in [9.17, 15) is 4.79 Å². The predicted octanol–water partition coefficient (Wildman–Crippen LogP) is 8.50. The molecule has 3 atom stereocenters. The highest BCUT2D eigenvalue weighted by Gasteiger charge is 2.64. The Labute approximate surface area is 341 Å². The second kappa shape index (κ2) is 15.6. The van der Waals surface area contributed by atoms with Crippen molar-refractivity contribution in [3.8, 4) is 11.4 Å². The number of pyridine rings is 1. The number of aryl methyl sites for hydroxylation is 1. The number of benzene rings is 2. The molecule has 1 saturated heterocycles. The van der Waals surface area contributed by atoms with E-state index < -0.39 is 0 Å². The van der Waals surface area contributed by atoms with Gasteiger partial charge in [-0.1, -0.05) is 104 Å². The second-order valence-corrected chi connectivity index (χ2v) is 18.8. The molecule has 7 rings (SSSR count). The maximum Gasteiger partial charge on any atom is 0.320 e. The highest BCUT2D eigenvalue weighted by atomic mass is 28.2. The third-order valence-corrected chi connectivity index (χ3v) is 13.3. The minimum Gasteiger partial charge on any atom is -0.484 e. The molecule has 1 unspecified atom stereocenters. The summed E-state index contributed by atoms with van der Waals surface area (Å²) >= 11 is 0. The minimum atomic E-state index is -0.275. The van der Waals surface area contributed by atoms with Crippen LogP contribution in [0.15, 0.2) is 72.9 Å². The van der Waals surface area contributed by atoms with Crippen molar-refractivity contribution in [3.63, 3.8) is 0 Å². The Hall–Kier alpha value is -4.68. The molecular weight excluding hydrogens is 729 g/mol. The fourth-order valence-corrected chi connectivity index (χ4v) is 10.7. The number of hydrogen-bond donors (Lipinski definition) is 2. The van der Waals surface area contributed by atoms with Crippen LogP contribution in [0.4, 0.5) is 16.6 Å². The highest BCUT2D eigenvalue weighted by Crippen LogP contribution is 2.59. The molecule has 12 heteroatoms. The molecule has 0 spiro atoms. The van der Waals surface area contributed by atoms with E-state index in [1.165, 1.54) is 0 Å². The molecule has 2 amide bonds. The van der Waals surface area contributed by atoms with Gasteiger partial charge in [0.25, 0.3) is 0 Å². The summed E-state index contributed by atoms with van der Waals surface area (Å²) in [7, 11) is 0.672. The van der Waals surface area contributed by atoms with Crippen LogP contribution in [0.1, 0.15) is 116 Å². The van der Waals surface area contributed by atoms with Crippen molar-refractivity contribution < 1.29 is 14.0 Å². The molecule has 57 heavy (non-hydrogen) atoms. The van der Waals surface area contributed by atoms with Gasteiger partial charge in [0.15, 0.2) is 5.65 Å². The maximum atomic E-state index is 13.7. The number of aromatic nitrogens is 5. The molecule has 2 aromatic carbocycles. The van der Waals surface area contributed by atoms with Crippen molar-refractivity contribution in [2.45, 2.75) is 112 Å². The normalized spacial score (nSPS) is 20.8. The molecular formula is C45H62N8O3Si. The molecule has 11 nitrogen and oxygen atoms in total. The Bertz CT molecular complexity index is 2200.